The highest BCUT2D eigenvalue weighted by Gasteiger charge is 2.16. The second-order valence-electron chi connectivity index (χ2n) is 4.30. The maximum absolute atomic E-state index is 10.8. The SMILES string of the molecule is CC(CCC(CN)C(=O)O)c1ccc(Cl)cc1. The van der Waals surface area contributed by atoms with Gasteiger partial charge in [0.25, 0.3) is 0 Å². The van der Waals surface area contributed by atoms with E-state index in [-0.39, 0.29) is 6.54 Å². The standard InChI is InChI=1S/C13H18ClNO2/c1-9(2-3-11(8-15)13(16)17)10-4-6-12(14)7-5-10/h4-7,9,11H,2-3,8,15H2,1H3,(H,16,17). The first kappa shape index (κ1) is 14.0. The van der Waals surface area contributed by atoms with Gasteiger partial charge in [0.2, 0.25) is 0 Å². The number of hydrogen-bond donors (Lipinski definition) is 2. The van der Waals surface area contributed by atoms with E-state index in [0.29, 0.717) is 17.4 Å². The minimum Gasteiger partial charge on any atom is -0.481 e. The molecule has 3 nitrogen and oxygen atoms in total. The van der Waals surface area contributed by atoms with E-state index in [0.717, 1.165) is 6.42 Å². The van der Waals surface area contributed by atoms with Crippen molar-refractivity contribution < 1.29 is 9.90 Å². The van der Waals surface area contributed by atoms with Gasteiger partial charge in [-0.25, -0.2) is 0 Å². The molecule has 0 fully saturated rings. The van der Waals surface area contributed by atoms with Gasteiger partial charge in [0.1, 0.15) is 0 Å². The Hall–Kier alpha value is -1.06. The molecule has 1 aromatic carbocycles. The van der Waals surface area contributed by atoms with E-state index in [2.05, 4.69) is 6.92 Å². The summed E-state index contributed by atoms with van der Waals surface area (Å²) in [6.07, 6.45) is 1.42. The number of halogens is 1. The van der Waals surface area contributed by atoms with E-state index in [1.807, 2.05) is 24.3 Å². The van der Waals surface area contributed by atoms with Gasteiger partial charge in [-0.1, -0.05) is 30.7 Å². The van der Waals surface area contributed by atoms with E-state index < -0.39 is 11.9 Å². The summed E-state index contributed by atoms with van der Waals surface area (Å²) in [5.41, 5.74) is 6.60. The lowest BCUT2D eigenvalue weighted by molar-refractivity contribution is -0.141. The normalized spacial score (nSPS) is 14.3. The number of hydrogen-bond acceptors (Lipinski definition) is 2. The molecule has 0 aliphatic carbocycles. The summed E-state index contributed by atoms with van der Waals surface area (Å²) in [7, 11) is 0. The van der Waals surface area contributed by atoms with Crippen LogP contribution in [0.25, 0.3) is 0 Å². The van der Waals surface area contributed by atoms with Gasteiger partial charge in [-0.3, -0.25) is 4.79 Å². The molecule has 2 unspecified atom stereocenters. The number of carbonyl (C=O) groups is 1. The summed E-state index contributed by atoms with van der Waals surface area (Å²) in [6.45, 7) is 2.28. The van der Waals surface area contributed by atoms with Crippen LogP contribution in [0, 0.1) is 5.92 Å². The molecule has 0 aliphatic heterocycles. The van der Waals surface area contributed by atoms with Crippen molar-refractivity contribution >= 4 is 17.6 Å². The van der Waals surface area contributed by atoms with Crippen LogP contribution < -0.4 is 5.73 Å². The van der Waals surface area contributed by atoms with Crippen LogP contribution in [-0.2, 0) is 4.79 Å². The molecule has 17 heavy (non-hydrogen) atoms. The van der Waals surface area contributed by atoms with Crippen LogP contribution in [0.2, 0.25) is 5.02 Å². The first-order valence-corrected chi connectivity index (χ1v) is 6.10. The predicted octanol–water partition coefficient (Wildman–Crippen LogP) is 2.88. The predicted molar refractivity (Wildman–Crippen MR) is 69.3 cm³/mol. The highest BCUT2D eigenvalue weighted by molar-refractivity contribution is 6.30. The zero-order valence-electron chi connectivity index (χ0n) is 9.90. The van der Waals surface area contributed by atoms with Gasteiger partial charge in [-0.15, -0.1) is 0 Å². The Kier molecular flexibility index (Phi) is 5.45. The molecule has 0 amide bonds. The largest absolute Gasteiger partial charge is 0.481 e. The third kappa shape index (κ3) is 4.36. The number of benzene rings is 1. The minimum atomic E-state index is -0.809. The Morgan fingerprint density at radius 2 is 1.94 bits per heavy atom. The molecule has 94 valence electrons. The van der Waals surface area contributed by atoms with Crippen molar-refractivity contribution in [3.63, 3.8) is 0 Å². The summed E-state index contributed by atoms with van der Waals surface area (Å²) < 4.78 is 0. The minimum absolute atomic E-state index is 0.197. The smallest absolute Gasteiger partial charge is 0.307 e. The fourth-order valence-corrected chi connectivity index (χ4v) is 1.88. The van der Waals surface area contributed by atoms with Crippen molar-refractivity contribution in [2.45, 2.75) is 25.7 Å². The van der Waals surface area contributed by atoms with Crippen molar-refractivity contribution in [2.24, 2.45) is 11.7 Å². The number of carboxylic acid groups (broad SMARTS) is 1. The zero-order valence-corrected chi connectivity index (χ0v) is 10.7. The summed E-state index contributed by atoms with van der Waals surface area (Å²) in [6, 6.07) is 7.66. The highest BCUT2D eigenvalue weighted by Crippen LogP contribution is 2.24. The van der Waals surface area contributed by atoms with Gasteiger partial charge in [0.15, 0.2) is 0 Å². The average molecular weight is 256 g/mol. The summed E-state index contributed by atoms with van der Waals surface area (Å²) in [4.78, 5) is 10.8. The lowest BCUT2D eigenvalue weighted by Crippen LogP contribution is -2.23. The molecule has 0 aliphatic rings. The third-order valence-corrected chi connectivity index (χ3v) is 3.27. The Morgan fingerprint density at radius 3 is 2.41 bits per heavy atom. The average Bonchev–Trinajstić information content (AvgIpc) is 2.30. The second kappa shape index (κ2) is 6.62. The van der Waals surface area contributed by atoms with Crippen LogP contribution in [0.5, 0.6) is 0 Å². The van der Waals surface area contributed by atoms with Gasteiger partial charge >= 0.3 is 5.97 Å². The first-order valence-electron chi connectivity index (χ1n) is 5.73. The number of aliphatic carboxylic acids is 1. The number of nitrogens with two attached hydrogens (primary N) is 1. The van der Waals surface area contributed by atoms with Crippen molar-refractivity contribution in [1.82, 2.24) is 0 Å². The molecule has 0 saturated carbocycles. The molecule has 2 atom stereocenters. The lowest BCUT2D eigenvalue weighted by atomic mass is 9.92. The first-order chi connectivity index (χ1) is 8.04. The van der Waals surface area contributed by atoms with Crippen molar-refractivity contribution in [3.05, 3.63) is 34.9 Å². The third-order valence-electron chi connectivity index (χ3n) is 3.02. The molecular formula is C13H18ClNO2. The van der Waals surface area contributed by atoms with Crippen molar-refractivity contribution in [1.29, 1.82) is 0 Å². The van der Waals surface area contributed by atoms with E-state index in [1.54, 1.807) is 0 Å². The maximum atomic E-state index is 10.8. The molecule has 0 aromatic heterocycles. The Labute approximate surface area is 107 Å². The van der Waals surface area contributed by atoms with Crippen molar-refractivity contribution in [3.8, 4) is 0 Å². The lowest BCUT2D eigenvalue weighted by Gasteiger charge is -2.15. The van der Waals surface area contributed by atoms with Gasteiger partial charge in [0, 0.05) is 11.6 Å². The van der Waals surface area contributed by atoms with E-state index in [9.17, 15) is 4.79 Å². The molecule has 1 rings (SSSR count). The van der Waals surface area contributed by atoms with Gasteiger partial charge in [-0.05, 0) is 36.5 Å². The molecule has 0 radical (unpaired) electrons. The Bertz CT molecular complexity index is 364. The topological polar surface area (TPSA) is 63.3 Å². The van der Waals surface area contributed by atoms with Crippen LogP contribution >= 0.6 is 11.6 Å². The summed E-state index contributed by atoms with van der Waals surface area (Å²) in [5.74, 6) is -0.929. The van der Waals surface area contributed by atoms with Crippen LogP contribution in [-0.4, -0.2) is 17.6 Å². The molecule has 0 heterocycles. The van der Waals surface area contributed by atoms with Crippen LogP contribution in [0.3, 0.4) is 0 Å². The summed E-state index contributed by atoms with van der Waals surface area (Å²) >= 11 is 5.81. The van der Waals surface area contributed by atoms with Gasteiger partial charge < -0.3 is 10.8 Å². The molecule has 0 saturated heterocycles. The van der Waals surface area contributed by atoms with E-state index in [1.165, 1.54) is 5.56 Å². The molecule has 3 N–H and O–H groups in total. The number of carboxylic acids is 1. The Morgan fingerprint density at radius 1 is 1.35 bits per heavy atom. The van der Waals surface area contributed by atoms with Crippen LogP contribution in [0.1, 0.15) is 31.2 Å². The molecule has 4 heteroatoms. The summed E-state index contributed by atoms with van der Waals surface area (Å²) in [5, 5.41) is 9.61. The van der Waals surface area contributed by atoms with Gasteiger partial charge in [-0.2, -0.15) is 0 Å². The number of rotatable bonds is 6. The van der Waals surface area contributed by atoms with Crippen LogP contribution in [0.4, 0.5) is 0 Å². The fourth-order valence-electron chi connectivity index (χ4n) is 1.75. The monoisotopic (exact) mass is 255 g/mol. The zero-order chi connectivity index (χ0) is 12.8. The van der Waals surface area contributed by atoms with E-state index >= 15 is 0 Å². The van der Waals surface area contributed by atoms with Crippen LogP contribution in [0.15, 0.2) is 24.3 Å². The van der Waals surface area contributed by atoms with Crippen molar-refractivity contribution in [2.75, 3.05) is 6.54 Å². The quantitative estimate of drug-likeness (QED) is 0.822. The second-order valence-corrected chi connectivity index (χ2v) is 4.74. The molecular weight excluding hydrogens is 238 g/mol. The molecule has 0 spiro atoms. The van der Waals surface area contributed by atoms with E-state index in [4.69, 9.17) is 22.4 Å². The van der Waals surface area contributed by atoms with Gasteiger partial charge in [0.05, 0.1) is 5.92 Å². The maximum Gasteiger partial charge on any atom is 0.307 e. The highest BCUT2D eigenvalue weighted by atomic mass is 35.5. The molecule has 0 bridgehead atoms. The fraction of sp³-hybridized carbons (Fsp3) is 0.462. The Balaban J connectivity index is 2.52. The molecule has 1 aromatic rings.